The molecule has 0 aliphatic heterocycles. The Morgan fingerprint density at radius 1 is 1.43 bits per heavy atom. The van der Waals surface area contributed by atoms with Gasteiger partial charge in [-0.2, -0.15) is 4.52 Å². The summed E-state index contributed by atoms with van der Waals surface area (Å²) in [6.07, 6.45) is 1.66. The Morgan fingerprint density at radius 2 is 2.22 bits per heavy atom. The number of benzene rings is 1. The van der Waals surface area contributed by atoms with E-state index in [9.17, 15) is 4.79 Å². The fourth-order valence-electron chi connectivity index (χ4n) is 2.24. The van der Waals surface area contributed by atoms with Crippen LogP contribution in [-0.4, -0.2) is 37.3 Å². The molecule has 7 heteroatoms. The molecule has 0 saturated heterocycles. The van der Waals surface area contributed by atoms with E-state index in [4.69, 9.17) is 0 Å². The summed E-state index contributed by atoms with van der Waals surface area (Å²) in [7, 11) is 0. The van der Waals surface area contributed by atoms with Gasteiger partial charge in [-0.05, 0) is 26.0 Å². The van der Waals surface area contributed by atoms with E-state index >= 15 is 0 Å². The lowest BCUT2D eigenvalue weighted by molar-refractivity contribution is -0.120. The predicted molar refractivity (Wildman–Crippen MR) is 91.6 cm³/mol. The number of aromatic nitrogens is 4. The van der Waals surface area contributed by atoms with E-state index in [2.05, 4.69) is 27.0 Å². The van der Waals surface area contributed by atoms with Crippen molar-refractivity contribution in [2.45, 2.75) is 24.3 Å². The summed E-state index contributed by atoms with van der Waals surface area (Å²) in [5, 5.41) is 8.51. The van der Waals surface area contributed by atoms with E-state index in [-0.39, 0.29) is 11.2 Å². The fraction of sp³-hybridized carbons (Fsp3) is 0.250. The first-order valence-electron chi connectivity index (χ1n) is 7.27. The Kier molecular flexibility index (Phi) is 4.29. The number of hydrogen-bond acceptors (Lipinski definition) is 5. The molecule has 6 nitrogen and oxygen atoms in total. The molecule has 1 aromatic carbocycles. The van der Waals surface area contributed by atoms with Crippen LogP contribution < -0.4 is 5.32 Å². The van der Waals surface area contributed by atoms with E-state index in [1.165, 1.54) is 11.8 Å². The van der Waals surface area contributed by atoms with E-state index in [0.29, 0.717) is 17.5 Å². The molecule has 0 saturated carbocycles. The van der Waals surface area contributed by atoms with Crippen LogP contribution in [0.15, 0.2) is 42.1 Å². The quantitative estimate of drug-likeness (QED) is 0.442. The molecule has 1 N–H and O–H groups in total. The number of fused-ring (bicyclic) bond motifs is 3. The van der Waals surface area contributed by atoms with Gasteiger partial charge in [0.25, 0.3) is 0 Å². The number of aryl methyl sites for hydroxylation is 1. The lowest BCUT2D eigenvalue weighted by Crippen LogP contribution is -2.31. The van der Waals surface area contributed by atoms with Crippen LogP contribution in [-0.2, 0) is 4.79 Å². The van der Waals surface area contributed by atoms with E-state index in [0.717, 1.165) is 16.6 Å². The number of para-hydroxylation sites is 1. The Balaban J connectivity index is 2.02. The zero-order chi connectivity index (χ0) is 16.4. The number of nitrogens with one attached hydrogen (secondary N) is 1. The van der Waals surface area contributed by atoms with Gasteiger partial charge in [0.05, 0.1) is 10.8 Å². The maximum atomic E-state index is 12.1. The maximum absolute atomic E-state index is 12.1. The SMILES string of the molecule is C=CCNC(=O)C(C)Sc1nc2ccccc2c2nc(C)nn12. The smallest absolute Gasteiger partial charge is 0.233 e. The molecule has 0 radical (unpaired) electrons. The highest BCUT2D eigenvalue weighted by Gasteiger charge is 2.19. The van der Waals surface area contributed by atoms with Gasteiger partial charge < -0.3 is 5.32 Å². The third kappa shape index (κ3) is 3.05. The van der Waals surface area contributed by atoms with Crippen molar-refractivity contribution < 1.29 is 4.79 Å². The molecule has 0 fully saturated rings. The summed E-state index contributed by atoms with van der Waals surface area (Å²) in [5.41, 5.74) is 1.60. The van der Waals surface area contributed by atoms with Crippen molar-refractivity contribution in [1.82, 2.24) is 24.9 Å². The highest BCUT2D eigenvalue weighted by Crippen LogP contribution is 2.26. The molecule has 3 rings (SSSR count). The van der Waals surface area contributed by atoms with Crippen LogP contribution in [0.3, 0.4) is 0 Å². The molecule has 1 unspecified atom stereocenters. The van der Waals surface area contributed by atoms with Crippen molar-refractivity contribution >= 4 is 34.2 Å². The number of rotatable bonds is 5. The second-order valence-electron chi connectivity index (χ2n) is 5.10. The van der Waals surface area contributed by atoms with Gasteiger partial charge in [0.15, 0.2) is 10.8 Å². The second-order valence-corrected chi connectivity index (χ2v) is 6.41. The van der Waals surface area contributed by atoms with Gasteiger partial charge in [-0.3, -0.25) is 4.79 Å². The predicted octanol–water partition coefficient (Wildman–Crippen LogP) is 2.37. The van der Waals surface area contributed by atoms with E-state index < -0.39 is 0 Å². The van der Waals surface area contributed by atoms with Crippen LogP contribution in [0.5, 0.6) is 0 Å². The Bertz CT molecular complexity index is 889. The van der Waals surface area contributed by atoms with Gasteiger partial charge in [-0.15, -0.1) is 11.7 Å². The van der Waals surface area contributed by atoms with Gasteiger partial charge in [0.1, 0.15) is 5.82 Å². The molecule has 0 aliphatic rings. The third-order valence-corrected chi connectivity index (χ3v) is 4.37. The molecule has 1 amide bonds. The van der Waals surface area contributed by atoms with Crippen LogP contribution in [0.1, 0.15) is 12.7 Å². The lowest BCUT2D eigenvalue weighted by Gasteiger charge is -2.11. The average molecular weight is 327 g/mol. The van der Waals surface area contributed by atoms with Crippen molar-refractivity contribution in [1.29, 1.82) is 0 Å². The minimum absolute atomic E-state index is 0.0603. The van der Waals surface area contributed by atoms with Gasteiger partial charge >= 0.3 is 0 Å². The number of hydrogen-bond donors (Lipinski definition) is 1. The topological polar surface area (TPSA) is 72.2 Å². The molecule has 1 atom stereocenters. The molecule has 0 spiro atoms. The van der Waals surface area contributed by atoms with E-state index in [1.54, 1.807) is 10.6 Å². The van der Waals surface area contributed by atoms with Crippen molar-refractivity contribution in [3.05, 3.63) is 42.7 Å². The summed E-state index contributed by atoms with van der Waals surface area (Å²) in [4.78, 5) is 21.2. The zero-order valence-corrected chi connectivity index (χ0v) is 13.8. The summed E-state index contributed by atoms with van der Waals surface area (Å²) < 4.78 is 1.71. The van der Waals surface area contributed by atoms with Gasteiger partial charge in [0, 0.05) is 11.9 Å². The lowest BCUT2D eigenvalue weighted by atomic mass is 10.2. The number of thioether (sulfide) groups is 1. The maximum Gasteiger partial charge on any atom is 0.233 e. The molecular weight excluding hydrogens is 310 g/mol. The van der Waals surface area contributed by atoms with Crippen LogP contribution in [0.2, 0.25) is 0 Å². The van der Waals surface area contributed by atoms with Crippen molar-refractivity contribution in [2.75, 3.05) is 6.54 Å². The standard InChI is InChI=1S/C16H17N5OS/c1-4-9-17-15(22)10(2)23-16-19-13-8-6-5-7-12(13)14-18-11(3)20-21(14)16/h4-8,10H,1,9H2,2-3H3,(H,17,22). The Labute approximate surface area is 138 Å². The van der Waals surface area contributed by atoms with Crippen LogP contribution in [0.25, 0.3) is 16.6 Å². The Hall–Kier alpha value is -2.41. The van der Waals surface area contributed by atoms with Crippen LogP contribution in [0.4, 0.5) is 0 Å². The third-order valence-electron chi connectivity index (χ3n) is 3.33. The average Bonchev–Trinajstić information content (AvgIpc) is 2.94. The van der Waals surface area contributed by atoms with Crippen molar-refractivity contribution in [3.63, 3.8) is 0 Å². The molecule has 2 heterocycles. The molecule has 23 heavy (non-hydrogen) atoms. The minimum atomic E-state index is -0.295. The van der Waals surface area contributed by atoms with Crippen molar-refractivity contribution in [3.8, 4) is 0 Å². The normalized spacial score (nSPS) is 12.4. The monoisotopic (exact) mass is 327 g/mol. The largest absolute Gasteiger partial charge is 0.352 e. The molecular formula is C16H17N5OS. The van der Waals surface area contributed by atoms with Gasteiger partial charge in [0.2, 0.25) is 5.91 Å². The summed E-state index contributed by atoms with van der Waals surface area (Å²) in [5.74, 6) is 0.614. The highest BCUT2D eigenvalue weighted by molar-refractivity contribution is 8.00. The first kappa shape index (κ1) is 15.5. The molecule has 2 aromatic heterocycles. The number of amides is 1. The summed E-state index contributed by atoms with van der Waals surface area (Å²) in [6, 6.07) is 7.79. The summed E-state index contributed by atoms with van der Waals surface area (Å²) >= 11 is 1.36. The van der Waals surface area contributed by atoms with Crippen LogP contribution >= 0.6 is 11.8 Å². The fourth-order valence-corrected chi connectivity index (χ4v) is 3.12. The second kappa shape index (κ2) is 6.37. The number of carbonyl (C=O) groups excluding carboxylic acids is 1. The van der Waals surface area contributed by atoms with E-state index in [1.807, 2.05) is 38.1 Å². The number of nitrogens with zero attached hydrogens (tertiary/aromatic N) is 4. The Morgan fingerprint density at radius 3 is 3.00 bits per heavy atom. The first-order chi connectivity index (χ1) is 11.1. The van der Waals surface area contributed by atoms with Gasteiger partial charge in [-0.1, -0.05) is 30.0 Å². The summed E-state index contributed by atoms with van der Waals surface area (Å²) in [6.45, 7) is 7.74. The zero-order valence-electron chi connectivity index (χ0n) is 13.0. The molecule has 118 valence electrons. The molecule has 0 bridgehead atoms. The van der Waals surface area contributed by atoms with Gasteiger partial charge in [-0.25, -0.2) is 9.97 Å². The molecule has 3 aromatic rings. The molecule has 0 aliphatic carbocycles. The number of carbonyl (C=O) groups is 1. The first-order valence-corrected chi connectivity index (χ1v) is 8.15. The van der Waals surface area contributed by atoms with Crippen LogP contribution in [0, 0.1) is 6.92 Å². The highest BCUT2D eigenvalue weighted by atomic mass is 32.2. The van der Waals surface area contributed by atoms with Crippen molar-refractivity contribution in [2.24, 2.45) is 0 Å². The minimum Gasteiger partial charge on any atom is -0.352 e.